The molecule has 2 rings (SSSR count). The lowest BCUT2D eigenvalue weighted by molar-refractivity contribution is 1.01. The van der Waals surface area contributed by atoms with Gasteiger partial charge in [0, 0.05) is 5.69 Å². The van der Waals surface area contributed by atoms with E-state index >= 15 is 0 Å². The highest BCUT2D eigenvalue weighted by Crippen LogP contribution is 2.41. The van der Waals surface area contributed by atoms with Gasteiger partial charge in [0.05, 0.1) is 8.95 Å². The van der Waals surface area contributed by atoms with Gasteiger partial charge in [-0.2, -0.15) is 0 Å². The second kappa shape index (κ2) is 4.73. The van der Waals surface area contributed by atoms with Crippen LogP contribution in [0.2, 0.25) is 0 Å². The highest BCUT2D eigenvalue weighted by atomic mass is 79.9. The van der Waals surface area contributed by atoms with E-state index in [-0.39, 0.29) is 0 Å². The molecule has 0 saturated carbocycles. The summed E-state index contributed by atoms with van der Waals surface area (Å²) < 4.78 is 6.02. The lowest BCUT2D eigenvalue weighted by Crippen LogP contribution is -1.93. The molecule has 15 heavy (non-hydrogen) atoms. The topological polar surface area (TPSA) is 4.93 Å². The quantitative estimate of drug-likeness (QED) is 0.530. The number of nitrogens with zero attached hydrogens (tertiary/aromatic N) is 1. The van der Waals surface area contributed by atoms with Gasteiger partial charge in [0.25, 0.3) is 0 Å². The monoisotopic (exact) mass is 455 g/mol. The first-order chi connectivity index (χ1) is 7.13. The van der Waals surface area contributed by atoms with Gasteiger partial charge in [-0.15, -0.1) is 0 Å². The van der Waals surface area contributed by atoms with Crippen LogP contribution in [0.3, 0.4) is 0 Å². The van der Waals surface area contributed by atoms with Crippen molar-refractivity contribution in [3.63, 3.8) is 0 Å². The average molecular weight is 459 g/mol. The van der Waals surface area contributed by atoms with Crippen molar-refractivity contribution in [3.8, 4) is 5.69 Å². The van der Waals surface area contributed by atoms with Gasteiger partial charge in [-0.05, 0) is 75.9 Å². The number of hydrogen-bond donors (Lipinski definition) is 0. The third kappa shape index (κ3) is 2.12. The van der Waals surface area contributed by atoms with Crippen molar-refractivity contribution in [1.29, 1.82) is 0 Å². The summed E-state index contributed by atoms with van der Waals surface area (Å²) in [7, 11) is 0. The fourth-order valence-corrected chi connectivity index (χ4v) is 3.93. The van der Waals surface area contributed by atoms with Crippen LogP contribution in [0, 0.1) is 0 Å². The molecule has 0 amide bonds. The molecule has 0 bridgehead atoms. The summed E-state index contributed by atoms with van der Waals surface area (Å²) in [6, 6.07) is 10.1. The molecule has 1 aromatic carbocycles. The van der Waals surface area contributed by atoms with E-state index in [1.165, 1.54) is 0 Å². The molecule has 2 aromatic rings. The standard InChI is InChI=1S/C10H5Br4N/c11-7-8(12)10(14)15(9(7)13)6-4-2-1-3-5-6/h1-5H. The number of halogens is 4. The largest absolute Gasteiger partial charge is 0.296 e. The minimum atomic E-state index is 0.979. The number of aromatic nitrogens is 1. The molecule has 0 fully saturated rings. The van der Waals surface area contributed by atoms with Crippen LogP contribution in [0.25, 0.3) is 5.69 Å². The van der Waals surface area contributed by atoms with E-state index in [4.69, 9.17) is 0 Å². The van der Waals surface area contributed by atoms with Crippen LogP contribution in [0.4, 0.5) is 0 Å². The molecular weight excluding hydrogens is 454 g/mol. The zero-order valence-corrected chi connectivity index (χ0v) is 13.7. The zero-order chi connectivity index (χ0) is 11.0. The van der Waals surface area contributed by atoms with E-state index in [1.54, 1.807) is 0 Å². The Morgan fingerprint density at radius 2 is 1.20 bits per heavy atom. The third-order valence-electron chi connectivity index (χ3n) is 1.96. The molecule has 0 unspecified atom stereocenters. The summed E-state index contributed by atoms with van der Waals surface area (Å²) in [5, 5.41) is 0. The maximum Gasteiger partial charge on any atom is 0.106 e. The van der Waals surface area contributed by atoms with Crippen molar-refractivity contribution < 1.29 is 0 Å². The third-order valence-corrected chi connectivity index (χ3v) is 6.60. The Morgan fingerprint density at radius 3 is 1.67 bits per heavy atom. The molecule has 0 aliphatic rings. The molecule has 78 valence electrons. The predicted molar refractivity (Wildman–Crippen MR) is 76.6 cm³/mol. The normalized spacial score (nSPS) is 10.7. The molecular formula is C10H5Br4N. The van der Waals surface area contributed by atoms with Crippen LogP contribution < -0.4 is 0 Å². The van der Waals surface area contributed by atoms with E-state index < -0.39 is 0 Å². The molecule has 0 saturated heterocycles. The van der Waals surface area contributed by atoms with Crippen LogP contribution in [-0.4, -0.2) is 4.57 Å². The highest BCUT2D eigenvalue weighted by molar-refractivity contribution is 9.15. The minimum Gasteiger partial charge on any atom is -0.296 e. The Hall–Kier alpha value is 0.420. The van der Waals surface area contributed by atoms with Gasteiger partial charge in [0.1, 0.15) is 9.21 Å². The van der Waals surface area contributed by atoms with E-state index in [0.717, 1.165) is 23.8 Å². The van der Waals surface area contributed by atoms with Crippen molar-refractivity contribution in [3.05, 3.63) is 48.5 Å². The van der Waals surface area contributed by atoms with Crippen LogP contribution in [-0.2, 0) is 0 Å². The number of para-hydroxylation sites is 1. The summed E-state index contributed by atoms with van der Waals surface area (Å²) in [6.07, 6.45) is 0. The Bertz CT molecular complexity index is 464. The second-order valence-corrected chi connectivity index (χ2v) is 5.97. The summed E-state index contributed by atoms with van der Waals surface area (Å²) in [6.45, 7) is 0. The highest BCUT2D eigenvalue weighted by Gasteiger charge is 2.16. The summed E-state index contributed by atoms with van der Waals surface area (Å²) in [5.74, 6) is 0. The number of hydrogen-bond acceptors (Lipinski definition) is 0. The van der Waals surface area contributed by atoms with Gasteiger partial charge in [-0.25, -0.2) is 0 Å². The van der Waals surface area contributed by atoms with E-state index in [2.05, 4.69) is 80.4 Å². The fraction of sp³-hybridized carbons (Fsp3) is 0. The van der Waals surface area contributed by atoms with Crippen LogP contribution >= 0.6 is 63.7 Å². The fourth-order valence-electron chi connectivity index (χ4n) is 1.27. The van der Waals surface area contributed by atoms with Gasteiger partial charge in [0.2, 0.25) is 0 Å². The molecule has 0 atom stereocenters. The minimum absolute atomic E-state index is 0.979. The first-order valence-corrected chi connectivity index (χ1v) is 7.26. The van der Waals surface area contributed by atoms with Gasteiger partial charge in [0.15, 0.2) is 0 Å². The van der Waals surface area contributed by atoms with Crippen molar-refractivity contribution in [2.45, 2.75) is 0 Å². The molecule has 1 heterocycles. The van der Waals surface area contributed by atoms with Crippen molar-refractivity contribution in [2.24, 2.45) is 0 Å². The smallest absolute Gasteiger partial charge is 0.106 e. The van der Waals surface area contributed by atoms with Crippen LogP contribution in [0.5, 0.6) is 0 Å². The predicted octanol–water partition coefficient (Wildman–Crippen LogP) is 5.53. The Kier molecular flexibility index (Phi) is 3.75. The van der Waals surface area contributed by atoms with Gasteiger partial charge < -0.3 is 0 Å². The molecule has 0 N–H and O–H groups in total. The lowest BCUT2D eigenvalue weighted by Gasteiger charge is -2.06. The molecule has 1 nitrogen and oxygen atoms in total. The Morgan fingerprint density at radius 1 is 0.733 bits per heavy atom. The van der Waals surface area contributed by atoms with Gasteiger partial charge >= 0.3 is 0 Å². The van der Waals surface area contributed by atoms with Crippen molar-refractivity contribution >= 4 is 63.7 Å². The van der Waals surface area contributed by atoms with Crippen molar-refractivity contribution in [2.75, 3.05) is 0 Å². The lowest BCUT2D eigenvalue weighted by atomic mass is 10.3. The Balaban J connectivity index is 2.69. The SMILES string of the molecule is Brc1c(Br)c(Br)n(-c2ccccc2)c1Br. The summed E-state index contributed by atoms with van der Waals surface area (Å²) >= 11 is 14.1. The molecule has 5 heteroatoms. The van der Waals surface area contributed by atoms with E-state index in [9.17, 15) is 0 Å². The maximum atomic E-state index is 3.54. The van der Waals surface area contributed by atoms with Crippen molar-refractivity contribution in [1.82, 2.24) is 4.57 Å². The second-order valence-electron chi connectivity index (χ2n) is 2.88. The molecule has 1 aromatic heterocycles. The maximum absolute atomic E-state index is 3.54. The summed E-state index contributed by atoms with van der Waals surface area (Å²) in [4.78, 5) is 0. The van der Waals surface area contributed by atoms with Gasteiger partial charge in [-0.3, -0.25) is 4.57 Å². The Labute approximate surface area is 121 Å². The van der Waals surface area contributed by atoms with Crippen LogP contribution in [0.15, 0.2) is 48.5 Å². The molecule has 0 radical (unpaired) electrons. The summed E-state index contributed by atoms with van der Waals surface area (Å²) in [5.41, 5.74) is 1.10. The zero-order valence-electron chi connectivity index (χ0n) is 7.35. The number of benzene rings is 1. The molecule has 0 aliphatic heterocycles. The van der Waals surface area contributed by atoms with Gasteiger partial charge in [-0.1, -0.05) is 18.2 Å². The number of rotatable bonds is 1. The van der Waals surface area contributed by atoms with E-state index in [1.807, 2.05) is 18.2 Å². The first kappa shape index (κ1) is 11.9. The molecule has 0 spiro atoms. The van der Waals surface area contributed by atoms with E-state index in [0.29, 0.717) is 0 Å². The average Bonchev–Trinajstić information content (AvgIpc) is 2.45. The van der Waals surface area contributed by atoms with Crippen LogP contribution in [0.1, 0.15) is 0 Å². The molecule has 0 aliphatic carbocycles. The first-order valence-electron chi connectivity index (χ1n) is 4.09.